The topological polar surface area (TPSA) is 245 Å². The molecule has 0 saturated carbocycles. The average Bonchev–Trinajstić information content (AvgIpc) is 2.99. The Hall–Kier alpha value is -1.50. The summed E-state index contributed by atoms with van der Waals surface area (Å²) in [6, 6.07) is -1.42. The molecule has 44 heavy (non-hydrogen) atoms. The molecule has 2 aliphatic rings. The first kappa shape index (κ1) is 38.7. The fourth-order valence-corrected chi connectivity index (χ4v) is 5.59. The molecular weight excluding hydrogens is 586 g/mol. The van der Waals surface area contributed by atoms with Gasteiger partial charge in [-0.2, -0.15) is 0 Å². The van der Waals surface area contributed by atoms with Gasteiger partial charge in [0.15, 0.2) is 6.29 Å². The Morgan fingerprint density at radius 1 is 0.955 bits per heavy atom. The molecule has 0 radical (unpaired) electrons. The molecule has 15 heteroatoms. The van der Waals surface area contributed by atoms with Crippen LogP contribution >= 0.6 is 0 Å². The molecule has 0 aromatic rings. The van der Waals surface area contributed by atoms with Crippen LogP contribution in [0.4, 0.5) is 0 Å². The summed E-state index contributed by atoms with van der Waals surface area (Å²) in [5.74, 6) is -5.28. The number of hydrogen-bond donors (Lipinski definition) is 9. The lowest BCUT2D eigenvalue weighted by atomic mass is 9.88. The zero-order chi connectivity index (χ0) is 32.9. The number of hydrogen-bond acceptors (Lipinski definition) is 13. The molecule has 1 amide bonds. The molecule has 2 fully saturated rings. The molecule has 2 saturated heterocycles. The van der Waals surface area contributed by atoms with Crippen LogP contribution in [0.5, 0.6) is 0 Å². The highest BCUT2D eigenvalue weighted by Crippen LogP contribution is 2.37. The van der Waals surface area contributed by atoms with E-state index in [1.54, 1.807) is 0 Å². The summed E-state index contributed by atoms with van der Waals surface area (Å²) in [5.41, 5.74) is 0. The lowest BCUT2D eigenvalue weighted by Crippen LogP contribution is -2.70. The van der Waals surface area contributed by atoms with E-state index in [1.807, 2.05) is 0 Å². The maximum Gasteiger partial charge on any atom is 0.364 e. The third kappa shape index (κ3) is 10.8. The van der Waals surface area contributed by atoms with Gasteiger partial charge in [-0.3, -0.25) is 4.79 Å². The Kier molecular flexibility index (Phi) is 16.9. The van der Waals surface area contributed by atoms with Crippen molar-refractivity contribution in [3.63, 3.8) is 0 Å². The molecular formula is C29H53NO14. The van der Waals surface area contributed by atoms with Gasteiger partial charge in [0, 0.05) is 20.0 Å². The minimum atomic E-state index is -2.80. The van der Waals surface area contributed by atoms with Crippen molar-refractivity contribution in [2.24, 2.45) is 0 Å². The van der Waals surface area contributed by atoms with Crippen molar-refractivity contribution < 1.29 is 69.4 Å². The number of nitrogens with one attached hydrogen (secondary N) is 1. The third-order valence-corrected chi connectivity index (χ3v) is 8.11. The minimum absolute atomic E-state index is 0.209. The van der Waals surface area contributed by atoms with E-state index in [0.29, 0.717) is 6.42 Å². The highest BCUT2D eigenvalue weighted by atomic mass is 16.8. The smallest absolute Gasteiger partial charge is 0.364 e. The van der Waals surface area contributed by atoms with Crippen molar-refractivity contribution >= 4 is 11.9 Å². The van der Waals surface area contributed by atoms with Crippen molar-refractivity contribution in [1.29, 1.82) is 0 Å². The number of carbonyl (C=O) groups is 2. The van der Waals surface area contributed by atoms with Crippen molar-refractivity contribution in [2.75, 3.05) is 19.8 Å². The molecule has 2 rings (SSSR count). The number of carbonyl (C=O) groups excluding carboxylic acids is 1. The quantitative estimate of drug-likeness (QED) is 0.0718. The summed E-state index contributed by atoms with van der Waals surface area (Å²) in [6.07, 6.45) is -5.10. The largest absolute Gasteiger partial charge is 0.477 e. The highest BCUT2D eigenvalue weighted by molar-refractivity contribution is 5.76. The second-order valence-electron chi connectivity index (χ2n) is 11.7. The van der Waals surface area contributed by atoms with Crippen LogP contribution in [0.2, 0.25) is 0 Å². The predicted octanol–water partition coefficient (Wildman–Crippen LogP) is -1.10. The summed E-state index contributed by atoms with van der Waals surface area (Å²) in [7, 11) is 0. The first-order valence-electron chi connectivity index (χ1n) is 15.7. The number of unbranched alkanes of at least 4 members (excludes halogenated alkanes) is 9. The predicted molar refractivity (Wildman–Crippen MR) is 153 cm³/mol. The van der Waals surface area contributed by atoms with Crippen molar-refractivity contribution in [1.82, 2.24) is 5.32 Å². The standard InChI is InChI=1S/C29H53NO14/c1-3-4-5-6-7-8-9-10-11-12-13-41-27-24(38)23(37)25(20(16-32)42-27)43-29(28(39)40)14-18(34)21(30-17(2)33)26(44-29)22(36)19(35)15-31/h18-27,31-32,34-38H,3-16H2,1-2H3,(H,30,33)(H,39,40)/t18-,19+,20+,21+,22-,23+,24+,25-,26+,27+,29+/m0/s1. The molecule has 2 heterocycles. The van der Waals surface area contributed by atoms with Gasteiger partial charge in [0.1, 0.15) is 42.7 Å². The minimum Gasteiger partial charge on any atom is -0.477 e. The SMILES string of the molecule is CCCCCCCCCCCCO[C@@H]1O[C@H](CO)[C@H](O[C@]2(C(=O)O)C[C@H](O)[C@@H](NC(C)=O)[C@H]([C@@H](O)[C@H](O)CO)O2)[C@H](O)[C@H]1O. The van der Waals surface area contributed by atoms with Gasteiger partial charge in [-0.05, 0) is 6.42 Å². The molecule has 0 bridgehead atoms. The van der Waals surface area contributed by atoms with Gasteiger partial charge in [0.25, 0.3) is 5.79 Å². The number of aliphatic carboxylic acids is 1. The summed E-state index contributed by atoms with van der Waals surface area (Å²) >= 11 is 0. The molecule has 0 unspecified atom stereocenters. The second-order valence-corrected chi connectivity index (χ2v) is 11.7. The molecule has 2 aliphatic heterocycles. The Labute approximate surface area is 258 Å². The fraction of sp³-hybridized carbons (Fsp3) is 0.931. The summed E-state index contributed by atoms with van der Waals surface area (Å²) in [6.45, 7) is 1.76. The number of carboxylic acid groups (broad SMARTS) is 1. The number of aliphatic hydroxyl groups excluding tert-OH is 7. The monoisotopic (exact) mass is 639 g/mol. The Morgan fingerprint density at radius 2 is 1.55 bits per heavy atom. The molecule has 0 spiro atoms. The first-order chi connectivity index (χ1) is 20.9. The summed E-state index contributed by atoms with van der Waals surface area (Å²) in [4.78, 5) is 24.2. The van der Waals surface area contributed by atoms with E-state index < -0.39 is 98.5 Å². The van der Waals surface area contributed by atoms with E-state index in [0.717, 1.165) is 26.2 Å². The molecule has 0 aromatic carbocycles. The first-order valence-corrected chi connectivity index (χ1v) is 15.7. The number of ether oxygens (including phenoxy) is 4. The van der Waals surface area contributed by atoms with Crippen LogP contribution in [0.25, 0.3) is 0 Å². The number of carboxylic acids is 1. The molecule has 0 aliphatic carbocycles. The Balaban J connectivity index is 2.04. The summed E-state index contributed by atoms with van der Waals surface area (Å²) in [5, 5.41) is 84.8. The number of rotatable bonds is 20. The van der Waals surface area contributed by atoms with E-state index in [9.17, 15) is 50.4 Å². The van der Waals surface area contributed by atoms with Gasteiger partial charge in [0.05, 0.1) is 25.4 Å². The van der Waals surface area contributed by atoms with Crippen molar-refractivity contribution in [3.05, 3.63) is 0 Å². The van der Waals surface area contributed by atoms with E-state index in [1.165, 1.54) is 38.5 Å². The third-order valence-electron chi connectivity index (χ3n) is 8.11. The van der Waals surface area contributed by atoms with Crippen LogP contribution < -0.4 is 5.32 Å². The van der Waals surface area contributed by atoms with Crippen molar-refractivity contribution in [2.45, 2.75) is 151 Å². The Bertz CT molecular complexity index is 849. The van der Waals surface area contributed by atoms with Gasteiger partial charge in [-0.15, -0.1) is 0 Å². The second kappa shape index (κ2) is 19.2. The van der Waals surface area contributed by atoms with Crippen LogP contribution in [-0.4, -0.2) is 140 Å². The van der Waals surface area contributed by atoms with E-state index in [4.69, 9.17) is 18.9 Å². The number of aliphatic hydroxyl groups is 7. The van der Waals surface area contributed by atoms with Crippen LogP contribution in [0.1, 0.15) is 84.5 Å². The van der Waals surface area contributed by atoms with Gasteiger partial charge >= 0.3 is 5.97 Å². The highest BCUT2D eigenvalue weighted by Gasteiger charge is 2.59. The van der Waals surface area contributed by atoms with Crippen molar-refractivity contribution in [3.8, 4) is 0 Å². The maximum absolute atomic E-state index is 12.5. The molecule has 258 valence electrons. The molecule has 0 aromatic heterocycles. The van der Waals surface area contributed by atoms with E-state index in [2.05, 4.69) is 12.2 Å². The number of amides is 1. The molecule has 11 atom stereocenters. The Morgan fingerprint density at radius 3 is 2.07 bits per heavy atom. The van der Waals surface area contributed by atoms with Crippen LogP contribution in [0.3, 0.4) is 0 Å². The summed E-state index contributed by atoms with van der Waals surface area (Å²) < 4.78 is 22.5. The molecule has 15 nitrogen and oxygen atoms in total. The zero-order valence-corrected chi connectivity index (χ0v) is 25.7. The zero-order valence-electron chi connectivity index (χ0n) is 25.7. The van der Waals surface area contributed by atoms with Gasteiger partial charge in [0.2, 0.25) is 5.91 Å². The fourth-order valence-electron chi connectivity index (χ4n) is 5.59. The normalized spacial score (nSPS) is 33.9. The maximum atomic E-state index is 12.5. The van der Waals surface area contributed by atoms with E-state index in [-0.39, 0.29) is 6.61 Å². The van der Waals surface area contributed by atoms with E-state index >= 15 is 0 Å². The van der Waals surface area contributed by atoms with Crippen LogP contribution in [0.15, 0.2) is 0 Å². The van der Waals surface area contributed by atoms with Gasteiger partial charge in [-0.25, -0.2) is 4.79 Å². The van der Waals surface area contributed by atoms with Gasteiger partial charge < -0.3 is 65.1 Å². The van der Waals surface area contributed by atoms with Crippen LogP contribution in [-0.2, 0) is 28.5 Å². The average molecular weight is 640 g/mol. The van der Waals surface area contributed by atoms with Crippen LogP contribution in [0, 0.1) is 0 Å². The molecule has 9 N–H and O–H groups in total. The lowest BCUT2D eigenvalue weighted by Gasteiger charge is -2.50. The lowest BCUT2D eigenvalue weighted by molar-refractivity contribution is -0.369. The van der Waals surface area contributed by atoms with Gasteiger partial charge in [-0.1, -0.05) is 64.7 Å².